The Morgan fingerprint density at radius 1 is 0.485 bits per heavy atom. The standard InChI is InChI=1S/C31H22BN/c1-21-15-18-31-27(19-21)24-11-5-7-13-28(24)32-29-17-16-23(22-9-3-2-4-10-22)20-26(29)25-12-6-8-14-30(25)33(31)32/h2-20H,1H3. The number of aryl methyl sites for hydroxylation is 1. The van der Waals surface area contributed by atoms with Gasteiger partial charge in [0.2, 0.25) is 0 Å². The molecule has 0 unspecified atom stereocenters. The third-order valence-corrected chi connectivity index (χ3v) is 7.12. The van der Waals surface area contributed by atoms with Gasteiger partial charge in [-0.25, -0.2) is 0 Å². The van der Waals surface area contributed by atoms with Crippen LogP contribution in [0.4, 0.5) is 11.4 Å². The van der Waals surface area contributed by atoms with Gasteiger partial charge in [0, 0.05) is 22.5 Å². The second-order valence-corrected chi connectivity index (χ2v) is 9.07. The van der Waals surface area contributed by atoms with Crippen molar-refractivity contribution in [1.82, 2.24) is 0 Å². The summed E-state index contributed by atoms with van der Waals surface area (Å²) in [5, 5.41) is 0. The van der Waals surface area contributed by atoms with Crippen molar-refractivity contribution in [2.75, 3.05) is 4.81 Å². The van der Waals surface area contributed by atoms with Gasteiger partial charge in [0.25, 0.3) is 0 Å². The molecule has 2 heterocycles. The molecule has 2 aliphatic heterocycles. The van der Waals surface area contributed by atoms with Crippen LogP contribution in [0.25, 0.3) is 33.4 Å². The summed E-state index contributed by atoms with van der Waals surface area (Å²) in [7, 11) is 0. The van der Waals surface area contributed by atoms with Gasteiger partial charge in [-0.2, -0.15) is 0 Å². The van der Waals surface area contributed by atoms with Gasteiger partial charge in [-0.05, 0) is 64.4 Å². The Labute approximate surface area is 195 Å². The van der Waals surface area contributed by atoms with Crippen LogP contribution >= 0.6 is 0 Å². The normalized spacial score (nSPS) is 12.9. The van der Waals surface area contributed by atoms with Gasteiger partial charge >= 0.3 is 6.85 Å². The van der Waals surface area contributed by atoms with Crippen molar-refractivity contribution < 1.29 is 0 Å². The van der Waals surface area contributed by atoms with Gasteiger partial charge in [0.15, 0.2) is 0 Å². The summed E-state index contributed by atoms with van der Waals surface area (Å²) in [4.78, 5) is 2.55. The van der Waals surface area contributed by atoms with Crippen LogP contribution in [-0.4, -0.2) is 6.85 Å². The summed E-state index contributed by atoms with van der Waals surface area (Å²) >= 11 is 0. The predicted molar refractivity (Wildman–Crippen MR) is 141 cm³/mol. The van der Waals surface area contributed by atoms with Gasteiger partial charge in [0.1, 0.15) is 0 Å². The molecule has 0 aromatic heterocycles. The molecule has 33 heavy (non-hydrogen) atoms. The van der Waals surface area contributed by atoms with E-state index in [0.29, 0.717) is 0 Å². The highest BCUT2D eigenvalue weighted by Gasteiger charge is 2.41. The second-order valence-electron chi connectivity index (χ2n) is 9.07. The number of hydrogen-bond acceptors (Lipinski definition) is 1. The molecule has 154 valence electrons. The molecule has 0 amide bonds. The fraction of sp³-hybridized carbons (Fsp3) is 0.0323. The van der Waals surface area contributed by atoms with E-state index < -0.39 is 0 Å². The molecule has 0 fully saturated rings. The van der Waals surface area contributed by atoms with E-state index in [-0.39, 0.29) is 6.85 Å². The van der Waals surface area contributed by atoms with Crippen LogP contribution in [-0.2, 0) is 0 Å². The first-order valence-corrected chi connectivity index (χ1v) is 11.6. The molecular formula is C31H22BN. The summed E-state index contributed by atoms with van der Waals surface area (Å²) in [5.74, 6) is 0. The summed E-state index contributed by atoms with van der Waals surface area (Å²) in [6.07, 6.45) is 0. The zero-order valence-electron chi connectivity index (χ0n) is 18.5. The average molecular weight is 419 g/mol. The highest BCUT2D eigenvalue weighted by Crippen LogP contribution is 2.46. The van der Waals surface area contributed by atoms with E-state index >= 15 is 0 Å². The number of nitrogens with zero attached hydrogens (tertiary/aromatic N) is 1. The Hall–Kier alpha value is -4.04. The first-order chi connectivity index (χ1) is 16.3. The molecule has 7 rings (SSSR count). The average Bonchev–Trinajstić information content (AvgIpc) is 2.88. The highest BCUT2D eigenvalue weighted by molar-refractivity contribution is 6.92. The minimum atomic E-state index is 0.158. The van der Waals surface area contributed by atoms with E-state index in [4.69, 9.17) is 0 Å². The van der Waals surface area contributed by atoms with Crippen LogP contribution in [0.15, 0.2) is 115 Å². The molecule has 5 aromatic carbocycles. The van der Waals surface area contributed by atoms with Gasteiger partial charge in [-0.15, -0.1) is 0 Å². The van der Waals surface area contributed by atoms with Gasteiger partial charge in [0.05, 0.1) is 0 Å². The van der Waals surface area contributed by atoms with Crippen molar-refractivity contribution >= 4 is 29.1 Å². The van der Waals surface area contributed by atoms with Crippen LogP contribution in [0, 0.1) is 6.92 Å². The molecule has 0 radical (unpaired) electrons. The molecule has 1 nitrogen and oxygen atoms in total. The van der Waals surface area contributed by atoms with Crippen molar-refractivity contribution in [2.24, 2.45) is 0 Å². The summed E-state index contributed by atoms with van der Waals surface area (Å²) < 4.78 is 0. The lowest BCUT2D eigenvalue weighted by atomic mass is 9.43. The number of hydrogen-bond donors (Lipinski definition) is 0. The predicted octanol–water partition coefficient (Wildman–Crippen LogP) is 6.57. The fourth-order valence-corrected chi connectivity index (χ4v) is 5.66. The number of anilines is 2. The Balaban J connectivity index is 1.54. The number of para-hydroxylation sites is 1. The third kappa shape index (κ3) is 2.67. The number of benzene rings is 5. The molecule has 0 aliphatic carbocycles. The quantitative estimate of drug-likeness (QED) is 0.278. The molecule has 0 saturated heterocycles. The van der Waals surface area contributed by atoms with E-state index in [0.717, 1.165) is 0 Å². The Bertz CT molecular complexity index is 1540. The maximum absolute atomic E-state index is 2.55. The maximum Gasteiger partial charge on any atom is 0.329 e. The highest BCUT2D eigenvalue weighted by atomic mass is 15.1. The molecule has 0 saturated carbocycles. The second kappa shape index (κ2) is 6.98. The van der Waals surface area contributed by atoms with E-state index in [1.807, 2.05) is 0 Å². The van der Waals surface area contributed by atoms with Gasteiger partial charge < -0.3 is 4.81 Å². The number of fused-ring (bicyclic) bond motifs is 11. The van der Waals surface area contributed by atoms with Crippen LogP contribution in [0.2, 0.25) is 0 Å². The lowest BCUT2D eigenvalue weighted by Crippen LogP contribution is -2.59. The van der Waals surface area contributed by atoms with Crippen molar-refractivity contribution in [2.45, 2.75) is 6.92 Å². The van der Waals surface area contributed by atoms with Crippen LogP contribution in [0.5, 0.6) is 0 Å². The zero-order chi connectivity index (χ0) is 21.9. The largest absolute Gasteiger partial charge is 0.376 e. The first-order valence-electron chi connectivity index (χ1n) is 11.6. The SMILES string of the molecule is Cc1ccc2c(c1)-c1ccccc1B1c3ccc(-c4ccccc4)cc3-c3ccccc3N12. The smallest absolute Gasteiger partial charge is 0.329 e. The van der Waals surface area contributed by atoms with Crippen LogP contribution < -0.4 is 15.7 Å². The molecule has 0 N–H and O–H groups in total. The third-order valence-electron chi connectivity index (χ3n) is 7.12. The molecule has 0 bridgehead atoms. The molecule has 2 heteroatoms. The van der Waals surface area contributed by atoms with Crippen molar-refractivity contribution in [1.29, 1.82) is 0 Å². The minimum Gasteiger partial charge on any atom is -0.376 e. The molecule has 2 aliphatic rings. The molecular weight excluding hydrogens is 397 g/mol. The van der Waals surface area contributed by atoms with E-state index in [9.17, 15) is 0 Å². The first kappa shape index (κ1) is 18.5. The van der Waals surface area contributed by atoms with E-state index in [1.165, 1.54) is 61.2 Å². The lowest BCUT2D eigenvalue weighted by molar-refractivity contribution is 1.33. The Morgan fingerprint density at radius 3 is 2.06 bits per heavy atom. The van der Waals surface area contributed by atoms with E-state index in [2.05, 4.69) is 127 Å². The Morgan fingerprint density at radius 2 is 1.18 bits per heavy atom. The number of rotatable bonds is 1. The fourth-order valence-electron chi connectivity index (χ4n) is 5.66. The summed E-state index contributed by atoms with van der Waals surface area (Å²) in [6.45, 7) is 2.34. The topological polar surface area (TPSA) is 3.24 Å². The minimum absolute atomic E-state index is 0.158. The summed E-state index contributed by atoms with van der Waals surface area (Å²) in [6, 6.07) is 42.4. The monoisotopic (exact) mass is 419 g/mol. The van der Waals surface area contributed by atoms with Crippen molar-refractivity contribution in [3.63, 3.8) is 0 Å². The van der Waals surface area contributed by atoms with E-state index in [1.54, 1.807) is 0 Å². The molecule has 5 aromatic rings. The van der Waals surface area contributed by atoms with Crippen molar-refractivity contribution in [3.8, 4) is 33.4 Å². The lowest BCUT2D eigenvalue weighted by Gasteiger charge is -2.43. The van der Waals surface area contributed by atoms with Crippen molar-refractivity contribution in [3.05, 3.63) is 121 Å². The van der Waals surface area contributed by atoms with Gasteiger partial charge in [-0.3, -0.25) is 0 Å². The molecule has 0 atom stereocenters. The molecule has 0 spiro atoms. The maximum atomic E-state index is 2.55. The zero-order valence-corrected chi connectivity index (χ0v) is 18.5. The summed E-state index contributed by atoms with van der Waals surface area (Å²) in [5.41, 5.74) is 14.4. The van der Waals surface area contributed by atoms with Crippen LogP contribution in [0.1, 0.15) is 5.56 Å². The van der Waals surface area contributed by atoms with Crippen LogP contribution in [0.3, 0.4) is 0 Å². The Kier molecular flexibility index (Phi) is 3.92. The van der Waals surface area contributed by atoms with Gasteiger partial charge in [-0.1, -0.05) is 96.6 Å².